The van der Waals surface area contributed by atoms with Gasteiger partial charge < -0.3 is 9.47 Å². The third-order valence-corrected chi connectivity index (χ3v) is 3.74. The highest BCUT2D eigenvalue weighted by Crippen LogP contribution is 2.39. The smallest absolute Gasteiger partial charge is 0.161 e. The highest BCUT2D eigenvalue weighted by Gasteiger charge is 2.16. The molecule has 2 aromatic carbocycles. The van der Waals surface area contributed by atoms with Crippen LogP contribution in [0.3, 0.4) is 0 Å². The van der Waals surface area contributed by atoms with Crippen molar-refractivity contribution in [3.05, 3.63) is 35.5 Å². The van der Waals surface area contributed by atoms with Crippen molar-refractivity contribution >= 4 is 27.8 Å². The van der Waals surface area contributed by atoms with Gasteiger partial charge in [0.2, 0.25) is 0 Å². The lowest BCUT2D eigenvalue weighted by Gasteiger charge is -2.13. The Hall–Kier alpha value is -2.93. The summed E-state index contributed by atoms with van der Waals surface area (Å²) < 4.78 is 10.8. The summed E-state index contributed by atoms with van der Waals surface area (Å²) >= 11 is 0. The number of ether oxygens (including phenoxy) is 2. The fourth-order valence-corrected chi connectivity index (χ4v) is 2.76. The van der Waals surface area contributed by atoms with Crippen molar-refractivity contribution in [1.29, 1.82) is 0 Å². The van der Waals surface area contributed by atoms with E-state index in [1.54, 1.807) is 20.4 Å². The third-order valence-electron chi connectivity index (χ3n) is 3.74. The number of terminal acetylenes is 1. The van der Waals surface area contributed by atoms with Crippen molar-refractivity contribution in [3.63, 3.8) is 0 Å². The quantitative estimate of drug-likeness (QED) is 0.706. The van der Waals surface area contributed by atoms with Gasteiger partial charge in [0, 0.05) is 27.3 Å². The van der Waals surface area contributed by atoms with E-state index >= 15 is 0 Å². The van der Waals surface area contributed by atoms with Crippen LogP contribution in [0.4, 0.5) is 0 Å². The first kappa shape index (κ1) is 17.4. The molecule has 0 aliphatic rings. The van der Waals surface area contributed by atoms with Gasteiger partial charge in [-0.05, 0) is 19.1 Å². The fraction of sp³-hybridized carbons (Fsp3) is 0.250. The van der Waals surface area contributed by atoms with Crippen LogP contribution >= 0.6 is 0 Å². The van der Waals surface area contributed by atoms with Crippen LogP contribution < -0.4 is 9.47 Å². The summed E-state index contributed by atoms with van der Waals surface area (Å²) in [6, 6.07) is 3.84. The molecule has 0 saturated carbocycles. The predicted octanol–water partition coefficient (Wildman–Crippen LogP) is 4.77. The molecule has 0 aliphatic carbocycles. The normalized spacial score (nSPS) is 10.5. The number of hydrogen-bond donors (Lipinski definition) is 1. The molecule has 0 aliphatic heterocycles. The van der Waals surface area contributed by atoms with Crippen LogP contribution in [0.2, 0.25) is 0 Å². The minimum absolute atomic E-state index is 0.650. The van der Waals surface area contributed by atoms with E-state index in [1.165, 1.54) is 0 Å². The zero-order valence-corrected chi connectivity index (χ0v) is 14.7. The lowest BCUT2D eigenvalue weighted by Crippen LogP contribution is -1.94. The Balaban J connectivity index is 0.00000100. The Morgan fingerprint density at radius 3 is 2.25 bits per heavy atom. The number of aromatic nitrogens is 2. The van der Waals surface area contributed by atoms with Crippen LogP contribution in [0.5, 0.6) is 11.5 Å². The van der Waals surface area contributed by atoms with Gasteiger partial charge in [-0.15, -0.1) is 6.42 Å². The van der Waals surface area contributed by atoms with Crippen LogP contribution in [0, 0.1) is 12.3 Å². The van der Waals surface area contributed by atoms with Crippen molar-refractivity contribution in [2.75, 3.05) is 14.2 Å². The number of methoxy groups -OCH3 is 2. The Labute approximate surface area is 142 Å². The Kier molecular flexibility index (Phi) is 5.49. The number of nitrogens with one attached hydrogen (secondary N) is 1. The first-order valence-corrected chi connectivity index (χ1v) is 7.89. The molecule has 4 heteroatoms. The third kappa shape index (κ3) is 2.69. The standard InChI is InChI=1S/C18H16N2O2.C2H6/c1-5-7-12-11(6-2)13-8-16(21-3)17(22-4)9-14(13)18-15(12)10-19-20-18;1-2/h2,5,7-10H,1,3-4H3,(H,19,20);1-2H3/b7-5-;. The van der Waals surface area contributed by atoms with Gasteiger partial charge in [-0.2, -0.15) is 5.10 Å². The molecule has 0 spiro atoms. The van der Waals surface area contributed by atoms with Crippen molar-refractivity contribution in [1.82, 2.24) is 10.2 Å². The molecule has 0 radical (unpaired) electrons. The molecule has 3 aromatic rings. The lowest BCUT2D eigenvalue weighted by molar-refractivity contribution is 0.356. The highest BCUT2D eigenvalue weighted by atomic mass is 16.5. The molecule has 0 atom stereocenters. The van der Waals surface area contributed by atoms with Crippen LogP contribution in [-0.4, -0.2) is 24.4 Å². The molecule has 1 N–H and O–H groups in total. The van der Waals surface area contributed by atoms with Gasteiger partial charge in [0.1, 0.15) is 0 Å². The molecule has 3 rings (SSSR count). The Morgan fingerprint density at radius 1 is 1.08 bits per heavy atom. The van der Waals surface area contributed by atoms with Gasteiger partial charge in [-0.1, -0.05) is 31.9 Å². The summed E-state index contributed by atoms with van der Waals surface area (Å²) in [6.07, 6.45) is 11.5. The molecule has 24 heavy (non-hydrogen) atoms. The topological polar surface area (TPSA) is 47.1 Å². The first-order valence-electron chi connectivity index (χ1n) is 7.89. The van der Waals surface area contributed by atoms with E-state index in [-0.39, 0.29) is 0 Å². The molecule has 4 nitrogen and oxygen atoms in total. The fourth-order valence-electron chi connectivity index (χ4n) is 2.76. The predicted molar refractivity (Wildman–Crippen MR) is 101 cm³/mol. The minimum atomic E-state index is 0.650. The first-order chi connectivity index (χ1) is 11.7. The van der Waals surface area contributed by atoms with Crippen LogP contribution in [0.25, 0.3) is 27.8 Å². The van der Waals surface area contributed by atoms with Gasteiger partial charge in [-0.3, -0.25) is 5.10 Å². The molecule has 0 fully saturated rings. The average Bonchev–Trinajstić information content (AvgIpc) is 3.12. The molecular formula is C20H22N2O2. The second-order valence-electron chi connectivity index (χ2n) is 4.84. The summed E-state index contributed by atoms with van der Waals surface area (Å²) in [4.78, 5) is 0. The van der Waals surface area contributed by atoms with Gasteiger partial charge in [0.15, 0.2) is 11.5 Å². The largest absolute Gasteiger partial charge is 0.493 e. The summed E-state index contributed by atoms with van der Waals surface area (Å²) in [5.74, 6) is 4.11. The molecule has 1 aromatic heterocycles. The number of allylic oxidation sites excluding steroid dienone is 1. The second kappa shape index (κ2) is 7.56. The lowest BCUT2D eigenvalue weighted by atomic mass is 9.94. The number of hydrogen-bond acceptors (Lipinski definition) is 3. The van der Waals surface area contributed by atoms with E-state index in [4.69, 9.17) is 15.9 Å². The van der Waals surface area contributed by atoms with Crippen LogP contribution in [-0.2, 0) is 0 Å². The molecule has 0 saturated heterocycles. The molecule has 0 bridgehead atoms. The average molecular weight is 322 g/mol. The molecule has 1 heterocycles. The number of benzene rings is 2. The maximum absolute atomic E-state index is 5.78. The summed E-state index contributed by atoms with van der Waals surface area (Å²) in [5, 5.41) is 10.1. The molecule has 0 amide bonds. The number of nitrogens with zero attached hydrogens (tertiary/aromatic N) is 1. The van der Waals surface area contributed by atoms with Crippen molar-refractivity contribution in [2.24, 2.45) is 0 Å². The van der Waals surface area contributed by atoms with Gasteiger partial charge in [0.05, 0.1) is 25.9 Å². The van der Waals surface area contributed by atoms with E-state index in [1.807, 2.05) is 45.1 Å². The van der Waals surface area contributed by atoms with E-state index in [0.29, 0.717) is 11.5 Å². The SMILES string of the molecule is C#Cc1c(/C=C\C)c2cn[nH]c2c2cc(OC)c(OC)cc12.CC. The Morgan fingerprint density at radius 2 is 1.71 bits per heavy atom. The zero-order chi connectivity index (χ0) is 17.7. The monoisotopic (exact) mass is 322 g/mol. The number of fused-ring (bicyclic) bond motifs is 3. The zero-order valence-electron chi connectivity index (χ0n) is 14.7. The van der Waals surface area contributed by atoms with E-state index in [0.717, 1.165) is 32.8 Å². The van der Waals surface area contributed by atoms with Gasteiger partial charge >= 0.3 is 0 Å². The maximum atomic E-state index is 5.78. The van der Waals surface area contributed by atoms with Gasteiger partial charge in [0.25, 0.3) is 0 Å². The summed E-state index contributed by atoms with van der Waals surface area (Å²) in [6.45, 7) is 5.96. The van der Waals surface area contributed by atoms with Crippen molar-refractivity contribution in [2.45, 2.75) is 20.8 Å². The summed E-state index contributed by atoms with van der Waals surface area (Å²) in [5.41, 5.74) is 2.74. The van der Waals surface area contributed by atoms with Crippen molar-refractivity contribution < 1.29 is 9.47 Å². The van der Waals surface area contributed by atoms with Crippen LogP contribution in [0.15, 0.2) is 24.4 Å². The van der Waals surface area contributed by atoms with E-state index in [9.17, 15) is 0 Å². The second-order valence-corrected chi connectivity index (χ2v) is 4.84. The van der Waals surface area contributed by atoms with Gasteiger partial charge in [-0.25, -0.2) is 0 Å². The molecule has 0 unspecified atom stereocenters. The number of rotatable bonds is 3. The molecular weight excluding hydrogens is 300 g/mol. The van der Waals surface area contributed by atoms with Crippen molar-refractivity contribution in [3.8, 4) is 23.8 Å². The minimum Gasteiger partial charge on any atom is -0.493 e. The number of aromatic amines is 1. The molecule has 124 valence electrons. The van der Waals surface area contributed by atoms with E-state index in [2.05, 4.69) is 16.1 Å². The highest BCUT2D eigenvalue weighted by molar-refractivity contribution is 6.12. The number of H-pyrrole nitrogens is 1. The Bertz CT molecular complexity index is 930. The summed E-state index contributed by atoms with van der Waals surface area (Å²) in [7, 11) is 3.23. The maximum Gasteiger partial charge on any atom is 0.161 e. The van der Waals surface area contributed by atoms with Crippen LogP contribution in [0.1, 0.15) is 31.9 Å². The van der Waals surface area contributed by atoms with E-state index < -0.39 is 0 Å².